The van der Waals surface area contributed by atoms with Crippen molar-refractivity contribution in [3.05, 3.63) is 23.9 Å². The Kier molecular flexibility index (Phi) is 2.89. The summed E-state index contributed by atoms with van der Waals surface area (Å²) >= 11 is 0. The lowest BCUT2D eigenvalue weighted by Gasteiger charge is -2.14. The van der Waals surface area contributed by atoms with Crippen LogP contribution in [0.5, 0.6) is 0 Å². The third-order valence-corrected chi connectivity index (χ3v) is 3.94. The van der Waals surface area contributed by atoms with Gasteiger partial charge in [-0.15, -0.1) is 0 Å². The monoisotopic (exact) mass is 258 g/mol. The van der Waals surface area contributed by atoms with E-state index in [9.17, 15) is 4.79 Å². The second kappa shape index (κ2) is 4.57. The molecule has 100 valence electrons. The first kappa shape index (κ1) is 12.0. The Morgan fingerprint density at radius 3 is 3.16 bits per heavy atom. The Hall–Kier alpha value is -2.04. The van der Waals surface area contributed by atoms with Gasteiger partial charge in [-0.05, 0) is 30.5 Å². The first-order chi connectivity index (χ1) is 9.19. The van der Waals surface area contributed by atoms with Gasteiger partial charge in [-0.25, -0.2) is 0 Å². The van der Waals surface area contributed by atoms with Gasteiger partial charge in [-0.1, -0.05) is 13.3 Å². The van der Waals surface area contributed by atoms with Crippen molar-refractivity contribution in [2.45, 2.75) is 19.8 Å². The van der Waals surface area contributed by atoms with E-state index in [2.05, 4.69) is 17.1 Å². The number of rotatable bonds is 2. The van der Waals surface area contributed by atoms with E-state index in [1.165, 1.54) is 0 Å². The van der Waals surface area contributed by atoms with Crippen LogP contribution in [-0.4, -0.2) is 34.1 Å². The molecule has 19 heavy (non-hydrogen) atoms. The van der Waals surface area contributed by atoms with Gasteiger partial charge in [0.25, 0.3) is 5.91 Å². The van der Waals surface area contributed by atoms with E-state index in [0.29, 0.717) is 17.3 Å². The van der Waals surface area contributed by atoms with Gasteiger partial charge in [0.1, 0.15) is 0 Å². The van der Waals surface area contributed by atoms with E-state index in [4.69, 9.17) is 5.73 Å². The molecule has 5 heteroatoms. The number of likely N-dealkylation sites (tertiary alicyclic amines) is 1. The fourth-order valence-electron chi connectivity index (χ4n) is 2.69. The van der Waals surface area contributed by atoms with Gasteiger partial charge in [0.2, 0.25) is 0 Å². The number of amides is 1. The molecule has 0 radical (unpaired) electrons. The summed E-state index contributed by atoms with van der Waals surface area (Å²) in [4.78, 5) is 14.4. The van der Waals surface area contributed by atoms with Gasteiger partial charge in [0, 0.05) is 24.2 Å². The van der Waals surface area contributed by atoms with E-state index in [1.54, 1.807) is 12.1 Å². The number of fused-ring (bicyclic) bond motifs is 1. The van der Waals surface area contributed by atoms with Gasteiger partial charge in [0.15, 0.2) is 5.69 Å². The molecule has 1 aliphatic rings. The minimum absolute atomic E-state index is 0.00722. The molecule has 1 aliphatic heterocycles. The van der Waals surface area contributed by atoms with Crippen molar-refractivity contribution >= 4 is 22.5 Å². The SMILES string of the molecule is CCC1CCN(C(=O)c2n[nH]c3ccc(N)cc23)C1. The van der Waals surface area contributed by atoms with Gasteiger partial charge < -0.3 is 10.6 Å². The lowest BCUT2D eigenvalue weighted by Crippen LogP contribution is -2.29. The number of nitrogens with two attached hydrogens (primary N) is 1. The Morgan fingerprint density at radius 2 is 2.42 bits per heavy atom. The largest absolute Gasteiger partial charge is 0.399 e. The number of nitrogen functional groups attached to an aromatic ring is 1. The van der Waals surface area contributed by atoms with E-state index < -0.39 is 0 Å². The van der Waals surface area contributed by atoms with Crippen LogP contribution in [0, 0.1) is 5.92 Å². The number of nitrogens with one attached hydrogen (secondary N) is 1. The summed E-state index contributed by atoms with van der Waals surface area (Å²) in [6, 6.07) is 5.46. The second-order valence-electron chi connectivity index (χ2n) is 5.19. The van der Waals surface area contributed by atoms with Crippen LogP contribution in [0.3, 0.4) is 0 Å². The number of carbonyl (C=O) groups is 1. The topological polar surface area (TPSA) is 75.0 Å². The van der Waals surface area contributed by atoms with Crippen molar-refractivity contribution in [1.82, 2.24) is 15.1 Å². The Balaban J connectivity index is 1.92. The molecular weight excluding hydrogens is 240 g/mol. The number of benzene rings is 1. The normalized spacial score (nSPS) is 19.2. The number of aromatic nitrogens is 2. The summed E-state index contributed by atoms with van der Waals surface area (Å²) < 4.78 is 0. The summed E-state index contributed by atoms with van der Waals surface area (Å²) in [5.41, 5.74) is 7.77. The maximum absolute atomic E-state index is 12.5. The van der Waals surface area contributed by atoms with Crippen molar-refractivity contribution in [2.75, 3.05) is 18.8 Å². The highest BCUT2D eigenvalue weighted by Crippen LogP contribution is 2.24. The molecule has 0 aliphatic carbocycles. The molecule has 0 spiro atoms. The maximum atomic E-state index is 12.5. The van der Waals surface area contributed by atoms with Crippen molar-refractivity contribution in [3.63, 3.8) is 0 Å². The standard InChI is InChI=1S/C14H18N4O/c1-2-9-5-6-18(8-9)14(19)13-11-7-10(15)3-4-12(11)16-17-13/h3-4,7,9H,2,5-6,8,15H2,1H3,(H,16,17). The molecule has 2 heterocycles. The summed E-state index contributed by atoms with van der Waals surface area (Å²) in [5.74, 6) is 0.632. The molecule has 1 amide bonds. The van der Waals surface area contributed by atoms with Crippen molar-refractivity contribution in [1.29, 1.82) is 0 Å². The third-order valence-electron chi connectivity index (χ3n) is 3.94. The van der Waals surface area contributed by atoms with Crippen LogP contribution in [0.15, 0.2) is 18.2 Å². The zero-order valence-electron chi connectivity index (χ0n) is 11.0. The predicted molar refractivity (Wildman–Crippen MR) is 74.8 cm³/mol. The maximum Gasteiger partial charge on any atom is 0.275 e. The fraction of sp³-hybridized carbons (Fsp3) is 0.429. The Bertz CT molecular complexity index is 619. The molecule has 0 saturated carbocycles. The molecule has 2 aromatic rings. The highest BCUT2D eigenvalue weighted by Gasteiger charge is 2.28. The van der Waals surface area contributed by atoms with Gasteiger partial charge in [-0.3, -0.25) is 9.89 Å². The summed E-state index contributed by atoms with van der Waals surface area (Å²) in [6.45, 7) is 3.84. The second-order valence-corrected chi connectivity index (χ2v) is 5.19. The average molecular weight is 258 g/mol. The lowest BCUT2D eigenvalue weighted by atomic mass is 10.1. The highest BCUT2D eigenvalue weighted by molar-refractivity contribution is 6.05. The molecule has 1 saturated heterocycles. The molecule has 1 fully saturated rings. The number of H-pyrrole nitrogens is 1. The van der Waals surface area contributed by atoms with Crippen molar-refractivity contribution < 1.29 is 4.79 Å². The highest BCUT2D eigenvalue weighted by atomic mass is 16.2. The summed E-state index contributed by atoms with van der Waals surface area (Å²) in [7, 11) is 0. The molecule has 5 nitrogen and oxygen atoms in total. The van der Waals surface area contributed by atoms with Crippen LogP contribution in [0.4, 0.5) is 5.69 Å². The van der Waals surface area contributed by atoms with Gasteiger partial charge in [0.05, 0.1) is 5.52 Å². The quantitative estimate of drug-likeness (QED) is 0.809. The number of nitrogens with zero attached hydrogens (tertiary/aromatic N) is 2. The number of aromatic amines is 1. The van der Waals surface area contributed by atoms with Crippen LogP contribution >= 0.6 is 0 Å². The zero-order chi connectivity index (χ0) is 13.4. The summed E-state index contributed by atoms with van der Waals surface area (Å²) in [5, 5.41) is 7.86. The Labute approximate surface area is 111 Å². The molecular formula is C14H18N4O. The van der Waals surface area contributed by atoms with Crippen molar-refractivity contribution in [2.24, 2.45) is 5.92 Å². The van der Waals surface area contributed by atoms with Crippen LogP contribution < -0.4 is 5.73 Å². The van der Waals surface area contributed by atoms with Crippen LogP contribution in [0.2, 0.25) is 0 Å². The summed E-state index contributed by atoms with van der Waals surface area (Å²) in [6.07, 6.45) is 2.21. The molecule has 1 unspecified atom stereocenters. The molecule has 1 aromatic carbocycles. The van der Waals surface area contributed by atoms with Crippen LogP contribution in [0.1, 0.15) is 30.3 Å². The van der Waals surface area contributed by atoms with Gasteiger partial charge >= 0.3 is 0 Å². The number of anilines is 1. The van der Waals surface area contributed by atoms with E-state index in [0.717, 1.165) is 36.8 Å². The smallest absolute Gasteiger partial charge is 0.275 e. The minimum Gasteiger partial charge on any atom is -0.399 e. The number of hydrogen-bond acceptors (Lipinski definition) is 3. The molecule has 1 aromatic heterocycles. The minimum atomic E-state index is 0.00722. The van der Waals surface area contributed by atoms with Gasteiger partial charge in [-0.2, -0.15) is 5.10 Å². The molecule has 3 N–H and O–H groups in total. The Morgan fingerprint density at radius 1 is 1.58 bits per heavy atom. The lowest BCUT2D eigenvalue weighted by molar-refractivity contribution is 0.0783. The third kappa shape index (κ3) is 2.05. The first-order valence-electron chi connectivity index (χ1n) is 6.72. The number of carbonyl (C=O) groups excluding carboxylic acids is 1. The molecule has 3 rings (SSSR count). The predicted octanol–water partition coefficient (Wildman–Crippen LogP) is 2.02. The van der Waals surface area contributed by atoms with E-state index in [1.807, 2.05) is 11.0 Å². The fourth-order valence-corrected chi connectivity index (χ4v) is 2.69. The van der Waals surface area contributed by atoms with Crippen molar-refractivity contribution in [3.8, 4) is 0 Å². The molecule has 0 bridgehead atoms. The first-order valence-corrected chi connectivity index (χ1v) is 6.72. The van der Waals surface area contributed by atoms with E-state index in [-0.39, 0.29) is 5.91 Å². The molecule has 1 atom stereocenters. The average Bonchev–Trinajstić information content (AvgIpc) is 3.04. The number of hydrogen-bond donors (Lipinski definition) is 2. The zero-order valence-corrected chi connectivity index (χ0v) is 11.0. The van der Waals surface area contributed by atoms with Crippen LogP contribution in [0.25, 0.3) is 10.9 Å². The van der Waals surface area contributed by atoms with Crippen LogP contribution in [-0.2, 0) is 0 Å². The van der Waals surface area contributed by atoms with E-state index >= 15 is 0 Å².